The van der Waals surface area contributed by atoms with Crippen LogP contribution in [0, 0.1) is 11.3 Å². The van der Waals surface area contributed by atoms with Crippen molar-refractivity contribution in [3.8, 4) is 0 Å². The zero-order chi connectivity index (χ0) is 11.1. The summed E-state index contributed by atoms with van der Waals surface area (Å²) in [5, 5.41) is 2.98. The Morgan fingerprint density at radius 3 is 2.50 bits per heavy atom. The number of benzene rings is 1. The molecule has 0 saturated heterocycles. The lowest BCUT2D eigenvalue weighted by molar-refractivity contribution is -0.123. The van der Waals surface area contributed by atoms with Gasteiger partial charge >= 0.3 is 0 Å². The fourth-order valence-electron chi connectivity index (χ4n) is 2.05. The average Bonchev–Trinajstić information content (AvgIpc) is 2.15. The zero-order valence-corrected chi connectivity index (χ0v) is 9.50. The number of carbonyl (C=O) groups is 1. The normalized spacial score (nSPS) is 19.4. The van der Waals surface area contributed by atoms with Crippen molar-refractivity contribution in [1.82, 2.24) is 0 Å². The maximum Gasteiger partial charge on any atom is 0.228 e. The molecule has 1 aliphatic heterocycles. The zero-order valence-electron chi connectivity index (χ0n) is 9.50. The topological polar surface area (TPSA) is 29.1 Å². The molecule has 1 atom stereocenters. The van der Waals surface area contributed by atoms with E-state index >= 15 is 0 Å². The molecule has 0 aromatic heterocycles. The van der Waals surface area contributed by atoms with Crippen LogP contribution in [0.2, 0.25) is 0 Å². The van der Waals surface area contributed by atoms with Gasteiger partial charge in [0, 0.05) is 11.6 Å². The van der Waals surface area contributed by atoms with Crippen molar-refractivity contribution < 1.29 is 4.79 Å². The van der Waals surface area contributed by atoms with Crippen LogP contribution in [0.3, 0.4) is 0 Å². The molecule has 1 heterocycles. The molecule has 1 aliphatic rings. The number of amides is 1. The van der Waals surface area contributed by atoms with E-state index in [4.69, 9.17) is 0 Å². The molecular weight excluding hydrogens is 198 g/mol. The van der Waals surface area contributed by atoms with Gasteiger partial charge in [0.15, 0.2) is 0 Å². The monoisotopic (exact) mass is 219 g/mol. The van der Waals surface area contributed by atoms with Gasteiger partial charge in [-0.15, -0.1) is 0 Å². The molecule has 88 valence electrons. The van der Waals surface area contributed by atoms with Crippen LogP contribution in [0.5, 0.6) is 0 Å². The molecule has 1 amide bonds. The van der Waals surface area contributed by atoms with Crippen LogP contribution in [0.15, 0.2) is 24.3 Å². The summed E-state index contributed by atoms with van der Waals surface area (Å²) >= 11 is 0. The Labute approximate surface area is 98.1 Å². The molecule has 2 nitrogen and oxygen atoms in total. The Morgan fingerprint density at radius 2 is 1.88 bits per heavy atom. The highest BCUT2D eigenvalue weighted by molar-refractivity contribution is 5.96. The smallest absolute Gasteiger partial charge is 0.228 e. The molecule has 0 saturated carbocycles. The van der Waals surface area contributed by atoms with E-state index in [1.807, 2.05) is 18.2 Å². The highest BCUT2D eigenvalue weighted by Crippen LogP contribution is 2.35. The largest absolute Gasteiger partial charge is 0.326 e. The first kappa shape index (κ1) is 12.8. The fourth-order valence-corrected chi connectivity index (χ4v) is 2.05. The van der Waals surface area contributed by atoms with Gasteiger partial charge in [0.05, 0.1) is 0 Å². The number of fused-ring (bicyclic) bond motifs is 1. The highest BCUT2D eigenvalue weighted by atomic mass is 16.2. The number of rotatable bonds is 0. The molecule has 0 radical (unpaired) electrons. The van der Waals surface area contributed by atoms with Crippen LogP contribution >= 0.6 is 0 Å². The van der Waals surface area contributed by atoms with Gasteiger partial charge in [-0.2, -0.15) is 0 Å². The third-order valence-corrected chi connectivity index (χ3v) is 3.06. The Balaban J connectivity index is 0.00000128. The van der Waals surface area contributed by atoms with Crippen molar-refractivity contribution in [1.29, 1.82) is 0 Å². The molecule has 0 bridgehead atoms. The van der Waals surface area contributed by atoms with Crippen LogP contribution in [0.25, 0.3) is 0 Å². The highest BCUT2D eigenvalue weighted by Gasteiger charge is 2.34. The van der Waals surface area contributed by atoms with Crippen LogP contribution in [0.1, 0.15) is 33.8 Å². The lowest BCUT2D eigenvalue weighted by atomic mass is 9.75. The predicted octanol–water partition coefficient (Wildman–Crippen LogP) is 3.48. The quantitative estimate of drug-likeness (QED) is 0.711. The van der Waals surface area contributed by atoms with Crippen molar-refractivity contribution in [2.45, 2.75) is 34.6 Å². The Bertz CT molecular complexity index is 390. The van der Waals surface area contributed by atoms with Gasteiger partial charge in [0.2, 0.25) is 5.91 Å². The SMILES string of the molecule is C.CC(C)(C)C1Cc2ccccc2NC1=O. The number of anilines is 1. The fraction of sp³-hybridized carbons (Fsp3) is 0.500. The lowest BCUT2D eigenvalue weighted by Gasteiger charge is -2.33. The molecule has 1 N–H and O–H groups in total. The van der Waals surface area contributed by atoms with E-state index in [2.05, 4.69) is 32.2 Å². The van der Waals surface area contributed by atoms with Crippen molar-refractivity contribution in [3.05, 3.63) is 29.8 Å². The van der Waals surface area contributed by atoms with Crippen LogP contribution < -0.4 is 5.32 Å². The maximum absolute atomic E-state index is 11.9. The minimum absolute atomic E-state index is 0. The van der Waals surface area contributed by atoms with E-state index in [1.165, 1.54) is 5.56 Å². The molecule has 1 unspecified atom stereocenters. The van der Waals surface area contributed by atoms with Gasteiger partial charge in [0.25, 0.3) is 0 Å². The maximum atomic E-state index is 11.9. The van der Waals surface area contributed by atoms with E-state index in [-0.39, 0.29) is 24.7 Å². The Hall–Kier alpha value is -1.31. The number of nitrogens with one attached hydrogen (secondary N) is 1. The summed E-state index contributed by atoms with van der Waals surface area (Å²) in [5.74, 6) is 0.230. The third-order valence-electron chi connectivity index (χ3n) is 3.06. The van der Waals surface area contributed by atoms with Crippen LogP contribution in [0.4, 0.5) is 5.69 Å². The number of hydrogen-bond acceptors (Lipinski definition) is 1. The van der Waals surface area contributed by atoms with E-state index in [1.54, 1.807) is 0 Å². The van der Waals surface area contributed by atoms with Gasteiger partial charge < -0.3 is 5.32 Å². The predicted molar refractivity (Wildman–Crippen MR) is 68.5 cm³/mol. The second-order valence-corrected chi connectivity index (χ2v) is 5.27. The van der Waals surface area contributed by atoms with Crippen LogP contribution in [-0.4, -0.2) is 5.91 Å². The van der Waals surface area contributed by atoms with E-state index in [0.717, 1.165) is 12.1 Å². The molecular formula is C14H21NO. The minimum atomic E-state index is 0. The standard InChI is InChI=1S/C13H17NO.CH4/c1-13(2,3)10-8-9-6-4-5-7-11(9)14-12(10)15;/h4-7,10H,8H2,1-3H3,(H,14,15);1H4. The molecule has 0 spiro atoms. The Kier molecular flexibility index (Phi) is 3.41. The molecule has 1 aromatic carbocycles. The average molecular weight is 219 g/mol. The van der Waals surface area contributed by atoms with Crippen LogP contribution in [-0.2, 0) is 11.2 Å². The summed E-state index contributed by atoms with van der Waals surface area (Å²) in [6.45, 7) is 6.35. The van der Waals surface area contributed by atoms with Crippen molar-refractivity contribution >= 4 is 11.6 Å². The van der Waals surface area contributed by atoms with Gasteiger partial charge in [0.1, 0.15) is 0 Å². The molecule has 2 rings (SSSR count). The summed E-state index contributed by atoms with van der Waals surface area (Å²) in [4.78, 5) is 11.9. The molecule has 2 heteroatoms. The lowest BCUT2D eigenvalue weighted by Crippen LogP contribution is -2.38. The van der Waals surface area contributed by atoms with Crippen molar-refractivity contribution in [2.75, 3.05) is 5.32 Å². The second kappa shape index (κ2) is 4.28. The third kappa shape index (κ3) is 2.26. The summed E-state index contributed by atoms with van der Waals surface area (Å²) in [6, 6.07) is 8.03. The first-order valence-electron chi connectivity index (χ1n) is 5.37. The number of carbonyl (C=O) groups excluding carboxylic acids is 1. The minimum Gasteiger partial charge on any atom is -0.326 e. The van der Waals surface area contributed by atoms with Gasteiger partial charge in [-0.05, 0) is 23.5 Å². The summed E-state index contributed by atoms with van der Waals surface area (Å²) in [7, 11) is 0. The van der Waals surface area contributed by atoms with Gasteiger partial charge in [-0.25, -0.2) is 0 Å². The summed E-state index contributed by atoms with van der Waals surface area (Å²) in [6.07, 6.45) is 0.853. The van der Waals surface area contributed by atoms with Gasteiger partial charge in [-0.1, -0.05) is 46.4 Å². The second-order valence-electron chi connectivity index (χ2n) is 5.27. The first-order chi connectivity index (χ1) is 6.98. The molecule has 16 heavy (non-hydrogen) atoms. The molecule has 0 fully saturated rings. The van der Waals surface area contributed by atoms with Crippen molar-refractivity contribution in [3.63, 3.8) is 0 Å². The van der Waals surface area contributed by atoms with E-state index in [9.17, 15) is 4.79 Å². The number of para-hydroxylation sites is 1. The summed E-state index contributed by atoms with van der Waals surface area (Å²) < 4.78 is 0. The molecule has 0 aliphatic carbocycles. The van der Waals surface area contributed by atoms with Crippen molar-refractivity contribution in [2.24, 2.45) is 11.3 Å². The van der Waals surface area contributed by atoms with Gasteiger partial charge in [-0.3, -0.25) is 4.79 Å². The summed E-state index contributed by atoms with van der Waals surface area (Å²) in [5.41, 5.74) is 2.25. The Morgan fingerprint density at radius 1 is 1.25 bits per heavy atom. The van der Waals surface area contributed by atoms with E-state index in [0.29, 0.717) is 0 Å². The number of hydrogen-bond donors (Lipinski definition) is 1. The van der Waals surface area contributed by atoms with E-state index < -0.39 is 0 Å². The molecule has 1 aromatic rings. The first-order valence-corrected chi connectivity index (χ1v) is 5.37.